The smallest absolute Gasteiger partial charge is 0.217 e. The van der Waals surface area contributed by atoms with Crippen LogP contribution in [0.1, 0.15) is 37.2 Å². The molecule has 0 spiro atoms. The molecular formula is C20H27Cl2N3O2. The fourth-order valence-electron chi connectivity index (χ4n) is 3.23. The van der Waals surface area contributed by atoms with Crippen LogP contribution in [0.15, 0.2) is 42.7 Å². The molecule has 5 nitrogen and oxygen atoms in total. The first-order chi connectivity index (χ1) is 12.8. The molecule has 0 amide bonds. The van der Waals surface area contributed by atoms with Crippen LogP contribution in [0.3, 0.4) is 0 Å². The molecule has 2 aliphatic rings. The highest BCUT2D eigenvalue weighted by molar-refractivity contribution is 6.29. The van der Waals surface area contributed by atoms with Gasteiger partial charge in [-0.05, 0) is 62.9 Å². The van der Waals surface area contributed by atoms with E-state index in [9.17, 15) is 0 Å². The number of hydrogen-bond acceptors (Lipinski definition) is 5. The van der Waals surface area contributed by atoms with Gasteiger partial charge in [-0.3, -0.25) is 0 Å². The Morgan fingerprint density at radius 3 is 2.33 bits per heavy atom. The first kappa shape index (κ1) is 21.9. The molecule has 0 aromatic carbocycles. The quantitative estimate of drug-likeness (QED) is 0.764. The minimum atomic E-state index is 0. The van der Waals surface area contributed by atoms with Gasteiger partial charge in [0.05, 0.1) is 0 Å². The number of halogens is 2. The zero-order valence-electron chi connectivity index (χ0n) is 15.4. The van der Waals surface area contributed by atoms with Crippen LogP contribution >= 0.6 is 24.0 Å². The fraction of sp³-hybridized carbons (Fsp3) is 0.500. The van der Waals surface area contributed by atoms with Crippen LogP contribution < -0.4 is 10.1 Å². The summed E-state index contributed by atoms with van der Waals surface area (Å²) in [6.07, 6.45) is 8.10. The molecule has 2 saturated heterocycles. The molecule has 2 aliphatic heterocycles. The van der Waals surface area contributed by atoms with E-state index in [1.54, 1.807) is 12.3 Å². The molecule has 2 fully saturated rings. The number of pyridine rings is 2. The lowest BCUT2D eigenvalue weighted by Crippen LogP contribution is -2.34. The van der Waals surface area contributed by atoms with E-state index in [0.717, 1.165) is 57.9 Å². The summed E-state index contributed by atoms with van der Waals surface area (Å²) in [7, 11) is 0. The van der Waals surface area contributed by atoms with Crippen molar-refractivity contribution in [3.63, 3.8) is 0 Å². The normalized spacial score (nSPS) is 18.0. The van der Waals surface area contributed by atoms with Crippen molar-refractivity contribution < 1.29 is 9.47 Å². The Labute approximate surface area is 172 Å². The van der Waals surface area contributed by atoms with Gasteiger partial charge in [-0.15, -0.1) is 12.4 Å². The summed E-state index contributed by atoms with van der Waals surface area (Å²) in [5.41, 5.74) is 1.27. The molecule has 2 aromatic heterocycles. The van der Waals surface area contributed by atoms with Gasteiger partial charge in [-0.25, -0.2) is 9.97 Å². The van der Waals surface area contributed by atoms with Gasteiger partial charge in [-0.2, -0.15) is 0 Å². The molecule has 0 atom stereocenters. The monoisotopic (exact) mass is 411 g/mol. The first-order valence-electron chi connectivity index (χ1n) is 9.29. The van der Waals surface area contributed by atoms with Crippen LogP contribution in [0.5, 0.6) is 5.88 Å². The Morgan fingerprint density at radius 1 is 0.963 bits per heavy atom. The summed E-state index contributed by atoms with van der Waals surface area (Å²) in [5, 5.41) is 3.91. The lowest BCUT2D eigenvalue weighted by Gasteiger charge is -2.27. The van der Waals surface area contributed by atoms with Crippen LogP contribution in [0.2, 0.25) is 5.15 Å². The fourth-order valence-corrected chi connectivity index (χ4v) is 3.36. The van der Waals surface area contributed by atoms with E-state index in [1.165, 1.54) is 5.56 Å². The predicted molar refractivity (Wildman–Crippen MR) is 110 cm³/mol. The van der Waals surface area contributed by atoms with Gasteiger partial charge < -0.3 is 14.8 Å². The molecule has 0 saturated carbocycles. The van der Waals surface area contributed by atoms with E-state index in [-0.39, 0.29) is 12.4 Å². The highest BCUT2D eigenvalue weighted by Gasteiger charge is 2.22. The molecule has 27 heavy (non-hydrogen) atoms. The second kappa shape index (κ2) is 12.1. The highest BCUT2D eigenvalue weighted by atomic mass is 35.5. The zero-order chi connectivity index (χ0) is 18.0. The van der Waals surface area contributed by atoms with Crippen LogP contribution in [-0.4, -0.2) is 42.4 Å². The standard InChI is InChI=1S/C15H22N2O2.C5H4ClN.ClH/c1-2-14(12-5-10-18-11-6-12)15(17-7-1)19-13-3-8-16-9-4-13;6-5-3-1-2-4-7-5;/h1-2,7,12-13,16H,3-6,8-11H2;1-4H;1H. The maximum Gasteiger partial charge on any atom is 0.217 e. The molecule has 148 valence electrons. The van der Waals surface area contributed by atoms with Crippen molar-refractivity contribution in [2.24, 2.45) is 0 Å². The van der Waals surface area contributed by atoms with Crippen molar-refractivity contribution in [1.29, 1.82) is 0 Å². The van der Waals surface area contributed by atoms with Gasteiger partial charge in [0.2, 0.25) is 5.88 Å². The van der Waals surface area contributed by atoms with E-state index in [0.29, 0.717) is 17.2 Å². The number of nitrogens with one attached hydrogen (secondary N) is 1. The summed E-state index contributed by atoms with van der Waals surface area (Å²) in [4.78, 5) is 8.21. The minimum absolute atomic E-state index is 0. The average Bonchev–Trinajstić information content (AvgIpc) is 2.71. The molecular weight excluding hydrogens is 385 g/mol. The summed E-state index contributed by atoms with van der Waals surface area (Å²) >= 11 is 5.43. The Balaban J connectivity index is 0.000000278. The van der Waals surface area contributed by atoms with Gasteiger partial charge in [-0.1, -0.05) is 23.7 Å². The number of ether oxygens (including phenoxy) is 2. The van der Waals surface area contributed by atoms with E-state index in [2.05, 4.69) is 21.4 Å². The largest absolute Gasteiger partial charge is 0.474 e. The molecule has 0 bridgehead atoms. The molecule has 1 N–H and O–H groups in total. The van der Waals surface area contributed by atoms with Crippen molar-refractivity contribution in [1.82, 2.24) is 15.3 Å². The maximum absolute atomic E-state index is 6.15. The number of piperidine rings is 1. The maximum atomic E-state index is 6.15. The Kier molecular flexibility index (Phi) is 9.84. The predicted octanol–water partition coefficient (Wildman–Crippen LogP) is 4.26. The molecule has 0 unspecified atom stereocenters. The first-order valence-corrected chi connectivity index (χ1v) is 9.67. The zero-order valence-corrected chi connectivity index (χ0v) is 16.9. The Morgan fingerprint density at radius 2 is 1.70 bits per heavy atom. The third-order valence-corrected chi connectivity index (χ3v) is 4.88. The highest BCUT2D eigenvalue weighted by Crippen LogP contribution is 2.33. The van der Waals surface area contributed by atoms with Crippen LogP contribution in [0.25, 0.3) is 0 Å². The summed E-state index contributed by atoms with van der Waals surface area (Å²) in [6.45, 7) is 3.80. The lowest BCUT2D eigenvalue weighted by molar-refractivity contribution is 0.0832. The van der Waals surface area contributed by atoms with Crippen LogP contribution in [-0.2, 0) is 4.74 Å². The Bertz CT molecular complexity index is 649. The average molecular weight is 412 g/mol. The van der Waals surface area contributed by atoms with Gasteiger partial charge in [0.1, 0.15) is 11.3 Å². The van der Waals surface area contributed by atoms with Gasteiger partial charge in [0.25, 0.3) is 0 Å². The van der Waals surface area contributed by atoms with Crippen molar-refractivity contribution in [3.8, 4) is 5.88 Å². The van der Waals surface area contributed by atoms with Gasteiger partial charge in [0.15, 0.2) is 0 Å². The summed E-state index contributed by atoms with van der Waals surface area (Å²) in [6, 6.07) is 9.59. The third kappa shape index (κ3) is 7.26. The molecule has 2 aromatic rings. The Hall–Kier alpha value is -1.40. The van der Waals surface area contributed by atoms with Crippen molar-refractivity contribution in [2.75, 3.05) is 26.3 Å². The molecule has 7 heteroatoms. The molecule has 4 rings (SSSR count). The lowest BCUT2D eigenvalue weighted by atomic mass is 9.92. The van der Waals surface area contributed by atoms with Gasteiger partial charge in [0, 0.05) is 31.2 Å². The molecule has 4 heterocycles. The number of rotatable bonds is 3. The van der Waals surface area contributed by atoms with Crippen LogP contribution in [0.4, 0.5) is 0 Å². The number of hydrogen-bond donors (Lipinski definition) is 1. The molecule has 0 aliphatic carbocycles. The molecule has 0 radical (unpaired) electrons. The topological polar surface area (TPSA) is 56.3 Å². The van der Waals surface area contributed by atoms with Crippen LogP contribution in [0, 0.1) is 0 Å². The summed E-state index contributed by atoms with van der Waals surface area (Å²) < 4.78 is 11.6. The van der Waals surface area contributed by atoms with E-state index in [1.807, 2.05) is 24.4 Å². The van der Waals surface area contributed by atoms with E-state index < -0.39 is 0 Å². The second-order valence-electron chi connectivity index (χ2n) is 6.50. The summed E-state index contributed by atoms with van der Waals surface area (Å²) in [5.74, 6) is 1.39. The van der Waals surface area contributed by atoms with Crippen molar-refractivity contribution in [2.45, 2.75) is 37.7 Å². The SMILES string of the molecule is Cl.Clc1ccccn1.c1cnc(OC2CCNCC2)c(C2CCOCC2)c1. The number of nitrogens with zero attached hydrogens (tertiary/aromatic N) is 2. The van der Waals surface area contributed by atoms with E-state index in [4.69, 9.17) is 21.1 Å². The van der Waals surface area contributed by atoms with Crippen molar-refractivity contribution >= 4 is 24.0 Å². The third-order valence-electron chi connectivity index (χ3n) is 4.65. The second-order valence-corrected chi connectivity index (χ2v) is 6.89. The van der Waals surface area contributed by atoms with Gasteiger partial charge >= 0.3 is 0 Å². The minimum Gasteiger partial charge on any atom is -0.474 e. The number of aromatic nitrogens is 2. The van der Waals surface area contributed by atoms with E-state index >= 15 is 0 Å². The van der Waals surface area contributed by atoms with Crippen molar-refractivity contribution in [3.05, 3.63) is 53.4 Å².